The highest BCUT2D eigenvalue weighted by Gasteiger charge is 2.13. The van der Waals surface area contributed by atoms with Crippen LogP contribution in [0.2, 0.25) is 0 Å². The topological polar surface area (TPSA) is 90.4 Å². The van der Waals surface area contributed by atoms with Gasteiger partial charge in [-0.3, -0.25) is 4.79 Å². The van der Waals surface area contributed by atoms with E-state index >= 15 is 0 Å². The Bertz CT molecular complexity index is 729. The highest BCUT2D eigenvalue weighted by Crippen LogP contribution is 2.28. The Morgan fingerprint density at radius 2 is 1.84 bits per heavy atom. The van der Waals surface area contributed by atoms with Crippen LogP contribution in [0.15, 0.2) is 36.4 Å². The number of benzene rings is 2. The summed E-state index contributed by atoms with van der Waals surface area (Å²) in [5, 5.41) is 2.79. The third-order valence-electron chi connectivity index (χ3n) is 4.02. The van der Waals surface area contributed by atoms with E-state index < -0.39 is 0 Å². The van der Waals surface area contributed by atoms with Crippen molar-refractivity contribution >= 4 is 23.0 Å². The molecule has 1 amide bonds. The third-order valence-corrected chi connectivity index (χ3v) is 4.02. The molecule has 2 heterocycles. The van der Waals surface area contributed by atoms with Crippen molar-refractivity contribution in [3.05, 3.63) is 47.5 Å². The Hall–Kier alpha value is -2.69. The molecule has 2 aromatic carbocycles. The minimum absolute atomic E-state index is 0.0901. The van der Waals surface area contributed by atoms with Crippen LogP contribution in [0.1, 0.15) is 37.8 Å². The highest BCUT2D eigenvalue weighted by atomic mass is 16.5. The summed E-state index contributed by atoms with van der Waals surface area (Å²) in [6, 6.07) is 11.4. The summed E-state index contributed by atoms with van der Waals surface area (Å²) in [7, 11) is 0. The number of ether oxygens (including phenoxy) is 1. The van der Waals surface area contributed by atoms with E-state index in [4.69, 9.17) is 16.2 Å². The van der Waals surface area contributed by atoms with Crippen molar-refractivity contribution in [2.24, 2.45) is 0 Å². The van der Waals surface area contributed by atoms with Gasteiger partial charge in [-0.25, -0.2) is 0 Å². The highest BCUT2D eigenvalue weighted by molar-refractivity contribution is 5.94. The van der Waals surface area contributed by atoms with E-state index in [0.717, 1.165) is 54.2 Å². The van der Waals surface area contributed by atoms with Gasteiger partial charge >= 0.3 is 0 Å². The van der Waals surface area contributed by atoms with Crippen molar-refractivity contribution in [3.63, 3.8) is 0 Å². The first-order chi connectivity index (χ1) is 12.1. The number of anilines is 3. The second-order valence-electron chi connectivity index (χ2n) is 5.74. The van der Waals surface area contributed by atoms with Crippen LogP contribution in [0.4, 0.5) is 17.1 Å². The van der Waals surface area contributed by atoms with Crippen LogP contribution in [-0.4, -0.2) is 12.5 Å². The maximum Gasteiger partial charge on any atom is 0.224 e. The fraction of sp³-hybridized carbons (Fsp3) is 0.350. The fourth-order valence-corrected chi connectivity index (χ4v) is 2.82. The molecule has 2 aliphatic heterocycles. The summed E-state index contributed by atoms with van der Waals surface area (Å²) in [6.45, 7) is 4.83. The number of carbonyl (C=O) groups excluding carboxylic acids is 1. The van der Waals surface area contributed by atoms with Gasteiger partial charge in [-0.15, -0.1) is 0 Å². The molecule has 0 saturated carbocycles. The van der Waals surface area contributed by atoms with E-state index in [1.807, 2.05) is 44.2 Å². The largest absolute Gasteiger partial charge is 0.493 e. The molecule has 0 bridgehead atoms. The maximum absolute atomic E-state index is 11.0. The van der Waals surface area contributed by atoms with Crippen LogP contribution in [0.3, 0.4) is 0 Å². The van der Waals surface area contributed by atoms with E-state index in [0.29, 0.717) is 6.42 Å². The van der Waals surface area contributed by atoms with Crippen molar-refractivity contribution in [3.8, 4) is 5.75 Å². The van der Waals surface area contributed by atoms with Gasteiger partial charge in [-0.2, -0.15) is 0 Å². The van der Waals surface area contributed by atoms with Crippen LogP contribution in [0.5, 0.6) is 5.75 Å². The molecule has 0 spiro atoms. The molecule has 5 N–H and O–H groups in total. The number of carbonyl (C=O) groups is 1. The summed E-state index contributed by atoms with van der Waals surface area (Å²) in [6.07, 6.45) is 3.51. The first-order valence-electron chi connectivity index (χ1n) is 8.82. The average Bonchev–Trinajstić information content (AvgIpc) is 2.65. The maximum atomic E-state index is 11.0. The third kappa shape index (κ3) is 4.89. The molecule has 4 rings (SSSR count). The second kappa shape index (κ2) is 8.97. The second-order valence-corrected chi connectivity index (χ2v) is 5.74. The molecule has 25 heavy (non-hydrogen) atoms. The Morgan fingerprint density at radius 3 is 2.60 bits per heavy atom. The number of amides is 1. The molecular formula is C20H27N3O2. The van der Waals surface area contributed by atoms with Gasteiger partial charge < -0.3 is 21.5 Å². The van der Waals surface area contributed by atoms with E-state index in [-0.39, 0.29) is 5.91 Å². The predicted molar refractivity (Wildman–Crippen MR) is 104 cm³/mol. The van der Waals surface area contributed by atoms with Crippen molar-refractivity contribution in [2.75, 3.05) is 23.4 Å². The molecular weight excluding hydrogens is 314 g/mol. The lowest BCUT2D eigenvalue weighted by Gasteiger charge is -2.17. The molecule has 0 fully saturated rings. The van der Waals surface area contributed by atoms with E-state index in [9.17, 15) is 4.79 Å². The number of nitrogens with two attached hydrogens (primary N) is 2. The molecule has 134 valence electrons. The van der Waals surface area contributed by atoms with Gasteiger partial charge in [0.15, 0.2) is 0 Å². The molecule has 5 heteroatoms. The lowest BCUT2D eigenvalue weighted by molar-refractivity contribution is -0.116. The van der Waals surface area contributed by atoms with Gasteiger partial charge in [0.05, 0.1) is 6.61 Å². The van der Waals surface area contributed by atoms with E-state index in [1.54, 1.807) is 6.07 Å². The summed E-state index contributed by atoms with van der Waals surface area (Å²) in [4.78, 5) is 11.0. The number of nitrogen functional groups attached to an aromatic ring is 2. The van der Waals surface area contributed by atoms with Gasteiger partial charge in [0.2, 0.25) is 5.91 Å². The summed E-state index contributed by atoms with van der Waals surface area (Å²) in [5.41, 5.74) is 16.2. The zero-order valence-corrected chi connectivity index (χ0v) is 15.0. The van der Waals surface area contributed by atoms with Crippen molar-refractivity contribution in [2.45, 2.75) is 39.5 Å². The lowest BCUT2D eigenvalue weighted by Crippen LogP contribution is -2.18. The molecule has 2 aliphatic rings. The van der Waals surface area contributed by atoms with E-state index in [2.05, 4.69) is 5.32 Å². The van der Waals surface area contributed by atoms with Crippen molar-refractivity contribution in [1.82, 2.24) is 0 Å². The number of fused-ring (bicyclic) bond motifs is 2. The molecule has 0 radical (unpaired) electrons. The van der Waals surface area contributed by atoms with Gasteiger partial charge in [-0.1, -0.05) is 19.9 Å². The Labute approximate surface area is 149 Å². The average molecular weight is 341 g/mol. The minimum Gasteiger partial charge on any atom is -0.493 e. The fourth-order valence-electron chi connectivity index (χ4n) is 2.82. The van der Waals surface area contributed by atoms with Crippen LogP contribution < -0.4 is 21.5 Å². The van der Waals surface area contributed by atoms with Gasteiger partial charge in [-0.05, 0) is 55.2 Å². The Balaban J connectivity index is 0.000000165. The van der Waals surface area contributed by atoms with Crippen LogP contribution >= 0.6 is 0 Å². The van der Waals surface area contributed by atoms with Gasteiger partial charge in [0, 0.05) is 29.0 Å². The van der Waals surface area contributed by atoms with Crippen molar-refractivity contribution < 1.29 is 9.53 Å². The molecule has 0 aliphatic carbocycles. The minimum atomic E-state index is 0.0901. The lowest BCUT2D eigenvalue weighted by atomic mass is 10.0. The molecule has 0 unspecified atom stereocenters. The normalized spacial score (nSPS) is 14.2. The SMILES string of the molecule is CC.Nc1ccc2c(c1)CCC(=O)N2.Nc1cccc2c1CCCO2. The Morgan fingerprint density at radius 1 is 1.04 bits per heavy atom. The number of aryl methyl sites for hydroxylation is 1. The molecule has 5 nitrogen and oxygen atoms in total. The standard InChI is InChI=1S/C9H10N2O.C9H11NO.C2H6/c10-7-2-3-8-6(5-7)1-4-9(12)11-8;10-8-4-1-5-9-7(8)3-2-6-11-9;1-2/h2-3,5H,1,4,10H2,(H,11,12);1,4-5H,2-3,6,10H2;1-2H3. The first kappa shape index (κ1) is 18.6. The van der Waals surface area contributed by atoms with Crippen LogP contribution in [0.25, 0.3) is 0 Å². The zero-order chi connectivity index (χ0) is 18.2. The smallest absolute Gasteiger partial charge is 0.224 e. The molecule has 2 aromatic rings. The quantitative estimate of drug-likeness (QED) is 0.636. The zero-order valence-electron chi connectivity index (χ0n) is 15.0. The molecule has 0 aromatic heterocycles. The van der Waals surface area contributed by atoms with Gasteiger partial charge in [0.1, 0.15) is 5.75 Å². The van der Waals surface area contributed by atoms with Crippen LogP contribution in [-0.2, 0) is 17.6 Å². The number of rotatable bonds is 0. The summed E-state index contributed by atoms with van der Waals surface area (Å²) < 4.78 is 5.42. The Kier molecular flexibility index (Phi) is 6.69. The number of nitrogens with one attached hydrogen (secondary N) is 1. The number of hydrogen-bond donors (Lipinski definition) is 3. The van der Waals surface area contributed by atoms with Crippen LogP contribution in [0, 0.1) is 0 Å². The van der Waals surface area contributed by atoms with Crippen molar-refractivity contribution in [1.29, 1.82) is 0 Å². The summed E-state index contributed by atoms with van der Waals surface area (Å²) in [5.74, 6) is 1.06. The number of hydrogen-bond acceptors (Lipinski definition) is 4. The van der Waals surface area contributed by atoms with Gasteiger partial charge in [0.25, 0.3) is 0 Å². The first-order valence-corrected chi connectivity index (χ1v) is 8.82. The molecule has 0 atom stereocenters. The predicted octanol–water partition coefficient (Wildman–Crippen LogP) is 3.77. The monoisotopic (exact) mass is 341 g/mol. The summed E-state index contributed by atoms with van der Waals surface area (Å²) >= 11 is 0. The molecule has 0 saturated heterocycles. The van der Waals surface area contributed by atoms with E-state index in [1.165, 1.54) is 5.56 Å².